The molecule has 3 N–H and O–H groups in total. The highest BCUT2D eigenvalue weighted by Crippen LogP contribution is 2.41. The van der Waals surface area contributed by atoms with Crippen molar-refractivity contribution >= 4 is 32.5 Å². The Morgan fingerprint density at radius 3 is 2.37 bits per heavy atom. The summed E-state index contributed by atoms with van der Waals surface area (Å²) in [6, 6.07) is 10.2. The van der Waals surface area contributed by atoms with Crippen LogP contribution in [0.15, 0.2) is 36.4 Å². The summed E-state index contributed by atoms with van der Waals surface area (Å²) in [5.41, 5.74) is 1.90. The van der Waals surface area contributed by atoms with E-state index in [0.29, 0.717) is 45.1 Å². The number of carbonyl (C=O) groups excluding carboxylic acids is 1. The van der Waals surface area contributed by atoms with Gasteiger partial charge in [-0.1, -0.05) is 18.2 Å². The normalized spacial score (nSPS) is 11.2. The summed E-state index contributed by atoms with van der Waals surface area (Å²) < 4.78 is 41.7. The molecule has 0 aliphatic rings. The molecule has 0 aliphatic carbocycles. The molecule has 0 bridgehead atoms. The lowest BCUT2D eigenvalue weighted by atomic mass is 10.2. The van der Waals surface area contributed by atoms with Crippen molar-refractivity contribution in [3.8, 4) is 17.2 Å². The smallest absolute Gasteiger partial charge is 0.268 e. The van der Waals surface area contributed by atoms with E-state index in [1.807, 2.05) is 0 Å². The van der Waals surface area contributed by atoms with Gasteiger partial charge in [-0.05, 0) is 17.7 Å². The van der Waals surface area contributed by atoms with E-state index in [4.69, 9.17) is 14.2 Å². The largest absolute Gasteiger partial charge is 0.496 e. The number of anilines is 1. The molecule has 10 heteroatoms. The standard InChI is InChI=1S/C20H23N3O6S/c1-27-16-10-17(28-2)19(29-3)18-13(16)9-15(22-18)20(24)21-11-12-7-5-6-8-14(12)23-30(4,25)26/h5-10,22-23H,11H2,1-4H3,(H,21,24). The Labute approximate surface area is 174 Å². The van der Waals surface area contributed by atoms with Crippen molar-refractivity contribution in [2.75, 3.05) is 32.3 Å². The Bertz CT molecular complexity index is 1190. The predicted molar refractivity (Wildman–Crippen MR) is 114 cm³/mol. The number of amides is 1. The first-order valence-corrected chi connectivity index (χ1v) is 10.8. The summed E-state index contributed by atoms with van der Waals surface area (Å²) >= 11 is 0. The number of aromatic amines is 1. The van der Waals surface area contributed by atoms with Gasteiger partial charge in [-0.25, -0.2) is 8.42 Å². The van der Waals surface area contributed by atoms with Crippen molar-refractivity contribution in [1.29, 1.82) is 0 Å². The number of hydrogen-bond acceptors (Lipinski definition) is 6. The quantitative estimate of drug-likeness (QED) is 0.502. The van der Waals surface area contributed by atoms with Crippen LogP contribution in [0.5, 0.6) is 17.2 Å². The average Bonchev–Trinajstić information content (AvgIpc) is 3.15. The molecule has 0 radical (unpaired) electrons. The maximum Gasteiger partial charge on any atom is 0.268 e. The Morgan fingerprint density at radius 1 is 1.03 bits per heavy atom. The number of sulfonamides is 1. The molecule has 3 rings (SSSR count). The van der Waals surface area contributed by atoms with Crippen molar-refractivity contribution in [2.24, 2.45) is 0 Å². The number of rotatable bonds is 8. The van der Waals surface area contributed by atoms with E-state index >= 15 is 0 Å². The van der Waals surface area contributed by atoms with Gasteiger partial charge < -0.3 is 24.5 Å². The number of nitrogens with one attached hydrogen (secondary N) is 3. The van der Waals surface area contributed by atoms with Gasteiger partial charge in [0.05, 0.1) is 38.8 Å². The van der Waals surface area contributed by atoms with E-state index in [2.05, 4.69) is 15.0 Å². The topological polar surface area (TPSA) is 119 Å². The van der Waals surface area contributed by atoms with E-state index in [1.54, 1.807) is 36.4 Å². The second kappa shape index (κ2) is 8.54. The van der Waals surface area contributed by atoms with Gasteiger partial charge in [-0.15, -0.1) is 0 Å². The molecule has 0 unspecified atom stereocenters. The zero-order chi connectivity index (χ0) is 21.9. The maximum absolute atomic E-state index is 12.7. The number of carbonyl (C=O) groups is 1. The van der Waals surface area contributed by atoms with Crippen molar-refractivity contribution in [3.05, 3.63) is 47.7 Å². The molecule has 0 atom stereocenters. The number of methoxy groups -OCH3 is 3. The monoisotopic (exact) mass is 433 g/mol. The Hall–Kier alpha value is -3.40. The molecule has 0 spiro atoms. The van der Waals surface area contributed by atoms with Crippen LogP contribution >= 0.6 is 0 Å². The third-order valence-electron chi connectivity index (χ3n) is 4.44. The van der Waals surface area contributed by atoms with Crippen LogP contribution in [0.25, 0.3) is 10.9 Å². The van der Waals surface area contributed by atoms with Gasteiger partial charge in [0, 0.05) is 18.0 Å². The Morgan fingerprint density at radius 2 is 1.73 bits per heavy atom. The van der Waals surface area contributed by atoms with Gasteiger partial charge >= 0.3 is 0 Å². The van der Waals surface area contributed by atoms with Crippen LogP contribution < -0.4 is 24.2 Å². The predicted octanol–water partition coefficient (Wildman–Crippen LogP) is 2.50. The number of benzene rings is 2. The van der Waals surface area contributed by atoms with E-state index in [9.17, 15) is 13.2 Å². The number of ether oxygens (including phenoxy) is 3. The maximum atomic E-state index is 12.7. The molecular formula is C20H23N3O6S. The molecule has 160 valence electrons. The Balaban J connectivity index is 1.88. The van der Waals surface area contributed by atoms with Gasteiger partial charge in [-0.2, -0.15) is 0 Å². The van der Waals surface area contributed by atoms with Crippen LogP contribution in [-0.2, 0) is 16.6 Å². The van der Waals surface area contributed by atoms with Gasteiger partial charge in [0.2, 0.25) is 10.0 Å². The summed E-state index contributed by atoms with van der Waals surface area (Å²) in [6.07, 6.45) is 1.07. The summed E-state index contributed by atoms with van der Waals surface area (Å²) in [5, 5.41) is 3.45. The number of H-pyrrole nitrogens is 1. The summed E-state index contributed by atoms with van der Waals surface area (Å²) in [4.78, 5) is 15.8. The number of aromatic nitrogens is 1. The first kappa shape index (κ1) is 21.3. The first-order valence-electron chi connectivity index (χ1n) is 8.93. The zero-order valence-corrected chi connectivity index (χ0v) is 17.8. The van der Waals surface area contributed by atoms with Crippen LogP contribution in [-0.4, -0.2) is 46.9 Å². The third-order valence-corrected chi connectivity index (χ3v) is 5.03. The van der Waals surface area contributed by atoms with Crippen LogP contribution in [0, 0.1) is 0 Å². The fourth-order valence-corrected chi connectivity index (χ4v) is 3.70. The highest BCUT2D eigenvalue weighted by Gasteiger charge is 2.19. The molecule has 9 nitrogen and oxygen atoms in total. The van der Waals surface area contributed by atoms with Crippen molar-refractivity contribution < 1.29 is 27.4 Å². The van der Waals surface area contributed by atoms with Crippen LogP contribution in [0.3, 0.4) is 0 Å². The van der Waals surface area contributed by atoms with Gasteiger partial charge in [0.1, 0.15) is 11.4 Å². The molecule has 0 saturated carbocycles. The molecule has 0 fully saturated rings. The first-order chi connectivity index (χ1) is 14.3. The summed E-state index contributed by atoms with van der Waals surface area (Å²) in [6.45, 7) is 0.129. The van der Waals surface area contributed by atoms with Gasteiger partial charge in [-0.3, -0.25) is 9.52 Å². The van der Waals surface area contributed by atoms with E-state index in [0.717, 1.165) is 6.26 Å². The van der Waals surface area contributed by atoms with E-state index in [-0.39, 0.29) is 12.5 Å². The highest BCUT2D eigenvalue weighted by atomic mass is 32.2. The number of fused-ring (bicyclic) bond motifs is 1. The van der Waals surface area contributed by atoms with E-state index < -0.39 is 10.0 Å². The lowest BCUT2D eigenvalue weighted by Gasteiger charge is -2.11. The van der Waals surface area contributed by atoms with Crippen LogP contribution in [0.4, 0.5) is 5.69 Å². The zero-order valence-electron chi connectivity index (χ0n) is 17.0. The molecule has 2 aromatic carbocycles. The van der Waals surface area contributed by atoms with Crippen molar-refractivity contribution in [2.45, 2.75) is 6.54 Å². The van der Waals surface area contributed by atoms with Gasteiger partial charge in [0.25, 0.3) is 5.91 Å². The fourth-order valence-electron chi connectivity index (χ4n) is 3.10. The van der Waals surface area contributed by atoms with E-state index in [1.165, 1.54) is 21.3 Å². The molecule has 0 saturated heterocycles. The fraction of sp³-hybridized carbons (Fsp3) is 0.250. The lowest BCUT2D eigenvalue weighted by molar-refractivity contribution is 0.0947. The molecule has 1 amide bonds. The minimum atomic E-state index is -3.44. The second-order valence-electron chi connectivity index (χ2n) is 6.50. The molecular weight excluding hydrogens is 410 g/mol. The second-order valence-corrected chi connectivity index (χ2v) is 8.25. The minimum absolute atomic E-state index is 0.129. The van der Waals surface area contributed by atoms with Crippen molar-refractivity contribution in [1.82, 2.24) is 10.3 Å². The highest BCUT2D eigenvalue weighted by molar-refractivity contribution is 7.92. The van der Waals surface area contributed by atoms with Crippen LogP contribution in [0.1, 0.15) is 16.1 Å². The summed E-state index contributed by atoms with van der Waals surface area (Å²) in [7, 11) is 1.11. The molecule has 1 aromatic heterocycles. The van der Waals surface area contributed by atoms with Crippen LogP contribution in [0.2, 0.25) is 0 Å². The average molecular weight is 433 g/mol. The molecule has 1 heterocycles. The van der Waals surface area contributed by atoms with Crippen molar-refractivity contribution in [3.63, 3.8) is 0 Å². The lowest BCUT2D eigenvalue weighted by Crippen LogP contribution is -2.24. The molecule has 30 heavy (non-hydrogen) atoms. The molecule has 0 aliphatic heterocycles. The SMILES string of the molecule is COc1cc(OC)c2cc(C(=O)NCc3ccccc3NS(C)(=O)=O)[nH]c2c1OC. The van der Waals surface area contributed by atoms with Gasteiger partial charge in [0.15, 0.2) is 11.5 Å². The minimum Gasteiger partial charge on any atom is -0.496 e. The third kappa shape index (κ3) is 4.43. The number of hydrogen-bond donors (Lipinski definition) is 3. The summed E-state index contributed by atoms with van der Waals surface area (Å²) in [5.74, 6) is 1.08. The molecule has 3 aromatic rings. The number of para-hydroxylation sites is 1. The Kier molecular flexibility index (Phi) is 6.06.